The standard InChI is InChI=1S/C21H22F2N8O/c1-12(2)19(17-10-25-30-28-17)26-20-15(23)9-24-21(27-20)16-8-18(32-3)31(29-16)11-13-6-4-5-7-14(13)22/h4-9,12,19H,10-11H2,1-3H3,(H,24,26,27). The minimum Gasteiger partial charge on any atom is -0.481 e. The highest BCUT2D eigenvalue weighted by molar-refractivity contribution is 5.94. The zero-order valence-corrected chi connectivity index (χ0v) is 17.8. The molecule has 32 heavy (non-hydrogen) atoms. The van der Waals surface area contributed by atoms with Crippen molar-refractivity contribution in [3.63, 3.8) is 0 Å². The van der Waals surface area contributed by atoms with Gasteiger partial charge in [-0.2, -0.15) is 10.2 Å². The van der Waals surface area contributed by atoms with E-state index in [1.807, 2.05) is 13.8 Å². The van der Waals surface area contributed by atoms with Gasteiger partial charge in [0.15, 0.2) is 17.5 Å². The van der Waals surface area contributed by atoms with Crippen LogP contribution in [0.1, 0.15) is 19.4 Å². The summed E-state index contributed by atoms with van der Waals surface area (Å²) in [7, 11) is 1.49. The maximum absolute atomic E-state index is 14.5. The number of hydrogen-bond donors (Lipinski definition) is 1. The van der Waals surface area contributed by atoms with Crippen LogP contribution < -0.4 is 10.1 Å². The molecule has 0 aliphatic carbocycles. The maximum atomic E-state index is 14.5. The van der Waals surface area contributed by atoms with Gasteiger partial charge in [0.2, 0.25) is 5.88 Å². The van der Waals surface area contributed by atoms with E-state index in [1.54, 1.807) is 24.3 Å². The molecule has 0 saturated carbocycles. The van der Waals surface area contributed by atoms with Crippen molar-refractivity contribution in [3.05, 3.63) is 53.7 Å². The zero-order valence-electron chi connectivity index (χ0n) is 17.8. The monoisotopic (exact) mass is 440 g/mol. The summed E-state index contributed by atoms with van der Waals surface area (Å²) in [5.41, 5.74) is 1.52. The minimum absolute atomic E-state index is 0.0194. The van der Waals surface area contributed by atoms with Crippen LogP contribution in [0.2, 0.25) is 0 Å². The van der Waals surface area contributed by atoms with E-state index in [2.05, 4.69) is 35.8 Å². The quantitative estimate of drug-likeness (QED) is 0.572. The number of halogens is 2. The summed E-state index contributed by atoms with van der Waals surface area (Å²) in [4.78, 5) is 8.40. The van der Waals surface area contributed by atoms with Gasteiger partial charge >= 0.3 is 0 Å². The van der Waals surface area contributed by atoms with Gasteiger partial charge in [0.25, 0.3) is 0 Å². The Hall–Kier alpha value is -3.76. The molecule has 0 radical (unpaired) electrons. The summed E-state index contributed by atoms with van der Waals surface area (Å²) >= 11 is 0. The van der Waals surface area contributed by atoms with Crippen LogP contribution in [-0.4, -0.2) is 45.2 Å². The molecule has 4 rings (SSSR count). The number of nitrogens with zero attached hydrogens (tertiary/aromatic N) is 7. The molecular formula is C21H22F2N8O. The van der Waals surface area contributed by atoms with Crippen molar-refractivity contribution in [1.82, 2.24) is 19.7 Å². The van der Waals surface area contributed by atoms with Gasteiger partial charge in [0.05, 0.1) is 31.6 Å². The fourth-order valence-corrected chi connectivity index (χ4v) is 3.33. The topological polar surface area (TPSA) is 102 Å². The Kier molecular flexibility index (Phi) is 6.15. The van der Waals surface area contributed by atoms with E-state index in [9.17, 15) is 8.78 Å². The first-order chi connectivity index (χ1) is 15.5. The van der Waals surface area contributed by atoms with E-state index in [0.29, 0.717) is 29.4 Å². The Labute approximate surface area is 183 Å². The molecule has 3 heterocycles. The lowest BCUT2D eigenvalue weighted by atomic mass is 9.99. The highest BCUT2D eigenvalue weighted by atomic mass is 19.1. The molecule has 1 aliphatic heterocycles. The number of ether oxygens (including phenoxy) is 1. The van der Waals surface area contributed by atoms with Gasteiger partial charge in [-0.1, -0.05) is 32.0 Å². The second kappa shape index (κ2) is 9.16. The predicted octanol–water partition coefficient (Wildman–Crippen LogP) is 3.93. The molecule has 11 heteroatoms. The number of benzene rings is 1. The molecule has 0 amide bonds. The number of nitrogens with one attached hydrogen (secondary N) is 1. The lowest BCUT2D eigenvalue weighted by Gasteiger charge is -2.22. The molecule has 0 saturated heterocycles. The molecular weight excluding hydrogens is 418 g/mol. The highest BCUT2D eigenvalue weighted by Gasteiger charge is 2.24. The van der Waals surface area contributed by atoms with Crippen molar-refractivity contribution in [2.75, 3.05) is 19.0 Å². The van der Waals surface area contributed by atoms with Crippen molar-refractivity contribution < 1.29 is 13.5 Å². The molecule has 1 aromatic carbocycles. The summed E-state index contributed by atoms with van der Waals surface area (Å²) in [5, 5.41) is 19.1. The van der Waals surface area contributed by atoms with E-state index >= 15 is 0 Å². The van der Waals surface area contributed by atoms with Gasteiger partial charge < -0.3 is 10.1 Å². The molecule has 0 spiro atoms. The van der Waals surface area contributed by atoms with Crippen LogP contribution in [0.3, 0.4) is 0 Å². The second-order valence-corrected chi connectivity index (χ2v) is 7.56. The molecule has 1 N–H and O–H groups in total. The summed E-state index contributed by atoms with van der Waals surface area (Å²) in [6, 6.07) is 7.74. The molecule has 9 nitrogen and oxygen atoms in total. The molecule has 0 fully saturated rings. The Morgan fingerprint density at radius 2 is 2.00 bits per heavy atom. The third kappa shape index (κ3) is 4.46. The minimum atomic E-state index is -0.607. The van der Waals surface area contributed by atoms with Crippen LogP contribution in [0, 0.1) is 17.6 Å². The molecule has 166 valence electrons. The zero-order chi connectivity index (χ0) is 22.7. The molecule has 3 aromatic rings. The van der Waals surface area contributed by atoms with E-state index < -0.39 is 5.82 Å². The Morgan fingerprint density at radius 3 is 2.69 bits per heavy atom. The van der Waals surface area contributed by atoms with Crippen molar-refractivity contribution in [2.45, 2.75) is 26.4 Å². The van der Waals surface area contributed by atoms with E-state index in [-0.39, 0.29) is 36.0 Å². The van der Waals surface area contributed by atoms with Crippen LogP contribution in [0.15, 0.2) is 52.0 Å². The number of aromatic nitrogens is 4. The first-order valence-corrected chi connectivity index (χ1v) is 10.0. The van der Waals surface area contributed by atoms with Crippen LogP contribution in [0.5, 0.6) is 5.88 Å². The average Bonchev–Trinajstić information content (AvgIpc) is 3.44. The fraction of sp³-hybridized carbons (Fsp3) is 0.333. The van der Waals surface area contributed by atoms with Gasteiger partial charge in [-0.3, -0.25) is 0 Å². The summed E-state index contributed by atoms with van der Waals surface area (Å²) in [6.07, 6.45) is 1.08. The van der Waals surface area contributed by atoms with Crippen molar-refractivity contribution in [1.29, 1.82) is 0 Å². The van der Waals surface area contributed by atoms with Crippen LogP contribution in [-0.2, 0) is 6.54 Å². The van der Waals surface area contributed by atoms with Crippen molar-refractivity contribution >= 4 is 11.5 Å². The summed E-state index contributed by atoms with van der Waals surface area (Å²) in [5.74, 6) is -0.242. The molecule has 2 aromatic heterocycles. The number of rotatable bonds is 8. The smallest absolute Gasteiger partial charge is 0.212 e. The summed E-state index contributed by atoms with van der Waals surface area (Å²) < 4.78 is 35.5. The lowest BCUT2D eigenvalue weighted by Crippen LogP contribution is -2.36. The van der Waals surface area contributed by atoms with Gasteiger partial charge in [0.1, 0.15) is 18.1 Å². The van der Waals surface area contributed by atoms with Crippen molar-refractivity contribution in [2.24, 2.45) is 21.4 Å². The van der Waals surface area contributed by atoms with Crippen molar-refractivity contribution in [3.8, 4) is 17.4 Å². The van der Waals surface area contributed by atoms with Gasteiger partial charge in [-0.25, -0.2) is 23.4 Å². The van der Waals surface area contributed by atoms with Gasteiger partial charge in [0, 0.05) is 11.6 Å². The molecule has 1 atom stereocenters. The average molecular weight is 440 g/mol. The Morgan fingerprint density at radius 1 is 1.19 bits per heavy atom. The number of anilines is 1. The van der Waals surface area contributed by atoms with Gasteiger partial charge in [-0.05, 0) is 17.2 Å². The fourth-order valence-electron chi connectivity index (χ4n) is 3.33. The first kappa shape index (κ1) is 21.5. The first-order valence-electron chi connectivity index (χ1n) is 10.0. The molecule has 1 aliphatic rings. The van der Waals surface area contributed by atoms with Crippen LogP contribution >= 0.6 is 0 Å². The largest absolute Gasteiger partial charge is 0.481 e. The Bertz CT molecular complexity index is 1170. The van der Waals surface area contributed by atoms with Gasteiger partial charge in [-0.15, -0.1) is 5.10 Å². The third-order valence-electron chi connectivity index (χ3n) is 4.99. The normalized spacial score (nSPS) is 14.0. The third-order valence-corrected chi connectivity index (χ3v) is 4.99. The molecule has 0 bridgehead atoms. The number of hydrogen-bond acceptors (Lipinski definition) is 8. The second-order valence-electron chi connectivity index (χ2n) is 7.56. The van der Waals surface area contributed by atoms with Crippen LogP contribution in [0.4, 0.5) is 14.6 Å². The van der Waals surface area contributed by atoms with E-state index in [4.69, 9.17) is 4.74 Å². The maximum Gasteiger partial charge on any atom is 0.212 e. The predicted molar refractivity (Wildman–Crippen MR) is 115 cm³/mol. The summed E-state index contributed by atoms with van der Waals surface area (Å²) in [6.45, 7) is 4.47. The van der Waals surface area contributed by atoms with E-state index in [0.717, 1.165) is 6.20 Å². The highest BCUT2D eigenvalue weighted by Crippen LogP contribution is 2.25. The number of methoxy groups -OCH3 is 1. The lowest BCUT2D eigenvalue weighted by molar-refractivity contribution is 0.365. The molecule has 1 unspecified atom stereocenters. The SMILES string of the molecule is COc1cc(-c2ncc(F)c(NC(C3=NN=NC3)C(C)C)n2)nn1Cc1ccccc1F. The van der Waals surface area contributed by atoms with Crippen LogP contribution in [0.25, 0.3) is 11.5 Å². The Balaban J connectivity index is 1.63. The van der Waals surface area contributed by atoms with E-state index in [1.165, 1.54) is 17.9 Å².